The van der Waals surface area contributed by atoms with E-state index in [2.05, 4.69) is 10.6 Å². The van der Waals surface area contributed by atoms with Gasteiger partial charge in [-0.05, 0) is 13.3 Å². The molecule has 0 bridgehead atoms. The van der Waals surface area contributed by atoms with Gasteiger partial charge >= 0.3 is 0 Å². The van der Waals surface area contributed by atoms with Crippen LogP contribution in [-0.2, 0) is 95.0 Å². The van der Waals surface area contributed by atoms with Crippen LogP contribution in [0.15, 0.2) is 0 Å². The summed E-state index contributed by atoms with van der Waals surface area (Å²) in [5, 5.41) is 278. The summed E-state index contributed by atoms with van der Waals surface area (Å²) in [6.07, 6.45) is -77.4. The highest BCUT2D eigenvalue weighted by atomic mass is 16.8. The third-order valence-electron chi connectivity index (χ3n) is 20.2. The molecule has 7 saturated heterocycles. The molecule has 43 atom stereocenters. The number of ether oxygens (including phenoxy) is 16. The predicted octanol–water partition coefficient (Wildman–Crippen LogP) is -20.0. The molecule has 0 radical (unpaired) electrons. The number of ketones is 1. The predicted molar refractivity (Wildman–Crippen MR) is 354 cm³/mol. The Hall–Kier alpha value is -3.64. The number of amides is 3. The van der Waals surface area contributed by atoms with Crippen molar-refractivity contribution in [1.29, 1.82) is 0 Å². The number of Topliss-reactive ketones (excluding diaryl/α,β-unsaturated/α-hetero) is 1. The zero-order valence-electron chi connectivity index (χ0n) is 61.1. The topological polar surface area (TPSA) is 824 Å². The molecule has 7 aliphatic rings. The number of primary amides is 1. The van der Waals surface area contributed by atoms with Gasteiger partial charge in [-0.1, -0.05) is 0 Å². The maximum absolute atomic E-state index is 13.5. The zero-order chi connectivity index (χ0) is 84.1. The van der Waals surface area contributed by atoms with Gasteiger partial charge in [0.15, 0.2) is 49.8 Å². The number of aliphatic hydroxyl groups excluding tert-OH is 25. The highest BCUT2D eigenvalue weighted by molar-refractivity contribution is 5.93. The summed E-state index contributed by atoms with van der Waals surface area (Å²) in [5.41, 5.74) is 17.6. The van der Waals surface area contributed by atoms with E-state index in [1.165, 1.54) is 0 Å². The Morgan fingerprint density at radius 1 is 0.460 bits per heavy atom. The van der Waals surface area contributed by atoms with E-state index in [1.807, 2.05) is 0 Å². The van der Waals surface area contributed by atoms with E-state index >= 15 is 0 Å². The summed E-state index contributed by atoms with van der Waals surface area (Å²) in [6, 6.07) is -7.11. The molecular weight excluding hydrogens is 1550 g/mol. The summed E-state index contributed by atoms with van der Waals surface area (Å²) >= 11 is 0. The van der Waals surface area contributed by atoms with Crippen LogP contribution in [-0.4, -0.2) is 481 Å². The highest BCUT2D eigenvalue weighted by Crippen LogP contribution is 2.38. The van der Waals surface area contributed by atoms with Crippen molar-refractivity contribution in [1.82, 2.24) is 10.6 Å². The number of nitrogens with two attached hydrogens (primary N) is 3. The Bertz CT molecular complexity index is 2880. The third-order valence-corrected chi connectivity index (χ3v) is 20.2. The Morgan fingerprint density at radius 3 is 1.43 bits per heavy atom. The number of nitrogens with one attached hydrogen (secondary N) is 2. The van der Waals surface area contributed by atoms with Gasteiger partial charge in [-0.2, -0.15) is 0 Å². The van der Waals surface area contributed by atoms with Crippen molar-refractivity contribution in [2.45, 2.75) is 291 Å². The average Bonchev–Trinajstić information content (AvgIpc) is 0.774. The molecular formula is C63H111N5O45. The van der Waals surface area contributed by atoms with Crippen LogP contribution in [0.1, 0.15) is 33.6 Å². The van der Waals surface area contributed by atoms with E-state index in [-0.39, 0.29) is 0 Å². The number of aliphatic hydroxyl groups is 25. The first-order valence-corrected chi connectivity index (χ1v) is 36.0. The number of hydrogen-bond donors (Lipinski definition) is 30. The molecule has 7 aliphatic heterocycles. The highest BCUT2D eigenvalue weighted by Gasteiger charge is 2.59. The van der Waals surface area contributed by atoms with Gasteiger partial charge in [0, 0.05) is 26.9 Å². The molecule has 113 heavy (non-hydrogen) atoms. The van der Waals surface area contributed by atoms with Crippen molar-refractivity contribution in [3.63, 3.8) is 0 Å². The van der Waals surface area contributed by atoms with E-state index < -0.39 is 373 Å². The molecule has 7 heterocycles. The zero-order valence-corrected chi connectivity index (χ0v) is 61.1. The van der Waals surface area contributed by atoms with Crippen LogP contribution >= 0.6 is 0 Å². The number of carbonyl (C=O) groups excluding carboxylic acids is 4. The van der Waals surface area contributed by atoms with E-state index in [4.69, 9.17) is 93.0 Å². The van der Waals surface area contributed by atoms with Crippen molar-refractivity contribution in [2.75, 3.05) is 72.9 Å². The summed E-state index contributed by atoms with van der Waals surface area (Å²) in [5.74, 6) is -5.82. The van der Waals surface area contributed by atoms with Gasteiger partial charge in [0.25, 0.3) is 0 Å². The minimum Gasteiger partial charge on any atom is -0.396 e. The lowest BCUT2D eigenvalue weighted by atomic mass is 9.87. The molecule has 3 amide bonds. The smallest absolute Gasteiger partial charge is 0.219 e. The van der Waals surface area contributed by atoms with Crippen LogP contribution in [0, 0.1) is 5.92 Å². The Kier molecular flexibility index (Phi) is 37.6. The fraction of sp³-hybridized carbons (Fsp3) is 0.937. The van der Waals surface area contributed by atoms with Crippen LogP contribution in [0.4, 0.5) is 0 Å². The van der Waals surface area contributed by atoms with Crippen molar-refractivity contribution in [2.24, 2.45) is 23.1 Å². The van der Waals surface area contributed by atoms with Crippen LogP contribution in [0.3, 0.4) is 0 Å². The van der Waals surface area contributed by atoms with Gasteiger partial charge in [0.05, 0.1) is 102 Å². The SMILES string of the molecule is CC(=O)NC1C(O)[C@H](O[C@@H]2OC(CO)[C@H](O)[C@H](O)C2O)[C@H](CO)O[C@H]1OCC([C@H](O)OCC1O[C@@H](O[C@@H]2C(CO)O[C@@H](O[C@@H]3C(CO)O[C@@H](C(=O)[C@@H](N)CC(N)=O)C(NC(C)=O)[C@H]3O)C(N)[C@H]2O)[C@H](O)C(O[C@H]2O[C@H](CO)[C@@H](O)C(O)C2OCOC(CO)[C@@H](O[C@@H]2OC(CO)[C@H](O)[C@H](O)C2O)[C@@H](C)O)[C@@H]1O)[C@@H](O)[C@H](O)CCO. The summed E-state index contributed by atoms with van der Waals surface area (Å²) in [4.78, 5) is 50.4. The van der Waals surface area contributed by atoms with Crippen LogP contribution in [0.25, 0.3) is 0 Å². The lowest BCUT2D eigenvalue weighted by Gasteiger charge is -2.50. The molecule has 0 aliphatic carbocycles. The van der Waals surface area contributed by atoms with E-state index in [0.29, 0.717) is 0 Å². The van der Waals surface area contributed by atoms with Crippen LogP contribution < -0.4 is 27.8 Å². The molecule has 16 unspecified atom stereocenters. The van der Waals surface area contributed by atoms with E-state index in [0.717, 1.165) is 20.8 Å². The van der Waals surface area contributed by atoms with Crippen LogP contribution in [0.2, 0.25) is 0 Å². The second-order valence-corrected chi connectivity index (χ2v) is 28.2. The largest absolute Gasteiger partial charge is 0.396 e. The lowest BCUT2D eigenvalue weighted by molar-refractivity contribution is -0.385. The molecule has 0 aromatic heterocycles. The van der Waals surface area contributed by atoms with Crippen molar-refractivity contribution < 1.29 is 223 Å². The minimum absolute atomic E-state index is 0.616. The standard InChI is InChI=1S/C63H111N5O45/c1-17(77)50(109-60-47(94)44(91)37(84)23(7-70)103-60)26(10-73)100-16-101-56-46(93)39(86)25(9-72)105-63(56)113-55-40(87)30(108-62(49(55)96)111-51-28(12-75)106-58(32(66)41(51)88)110-52-27(11-74)102-54(33(42(52)89)67-18(2)78)36(83)21(64)6-31(65)81)15-98-57(97)20(35(82)22(80)4-5-69)14-99-59-34(68-19(3)79)43(90)53(29(13-76)107-59)112-61-48(95)45(92)38(85)24(8-71)104-61/h17,20-30,32-35,37-63,69-77,80,82,84-97H,4-16,64,66H2,1-3H3,(H2,65,81)(H,67,78)(H,68,79)/t17-,20?,21+,22-,23?,24?,25-,26?,27?,28?,29+,30?,32?,33?,34?,35-,37+,38+,39-,40-,41-,42-,43?,44+,45+,46?,47?,48?,49-,50+,51-,52-,53-,54-,55?,56?,57-,58+,59-,60+,61+,62+,63-/m1/s1. The molecule has 7 fully saturated rings. The molecule has 0 spiro atoms. The van der Waals surface area contributed by atoms with Crippen LogP contribution in [0.5, 0.6) is 0 Å². The Morgan fingerprint density at radius 2 is 0.912 bits per heavy atom. The average molecular weight is 1660 g/mol. The number of hydrogen-bond acceptors (Lipinski definition) is 47. The van der Waals surface area contributed by atoms with Crippen molar-refractivity contribution >= 4 is 23.5 Å². The van der Waals surface area contributed by atoms with Crippen molar-refractivity contribution in [3.05, 3.63) is 0 Å². The van der Waals surface area contributed by atoms with Gasteiger partial charge < -0.3 is 231 Å². The second kappa shape index (κ2) is 44.1. The lowest BCUT2D eigenvalue weighted by Crippen LogP contribution is -2.70. The maximum atomic E-state index is 13.5. The summed E-state index contributed by atoms with van der Waals surface area (Å²) in [7, 11) is 0. The minimum atomic E-state index is -2.51. The van der Waals surface area contributed by atoms with Gasteiger partial charge in [0.2, 0.25) is 17.7 Å². The molecule has 50 heteroatoms. The summed E-state index contributed by atoms with van der Waals surface area (Å²) in [6.45, 7) is -8.48. The Balaban J connectivity index is 1.18. The quantitative estimate of drug-likeness (QED) is 0.0253. The fourth-order valence-electron chi connectivity index (χ4n) is 13.8. The monoisotopic (exact) mass is 1660 g/mol. The first-order chi connectivity index (χ1) is 53.4. The van der Waals surface area contributed by atoms with E-state index in [9.17, 15) is 147 Å². The van der Waals surface area contributed by atoms with Gasteiger partial charge in [0.1, 0.15) is 184 Å². The number of carbonyl (C=O) groups is 4. The molecule has 50 nitrogen and oxygen atoms in total. The molecule has 7 rings (SSSR count). The van der Waals surface area contributed by atoms with Gasteiger partial charge in [-0.25, -0.2) is 0 Å². The van der Waals surface area contributed by atoms with Gasteiger partial charge in [-0.15, -0.1) is 0 Å². The first-order valence-electron chi connectivity index (χ1n) is 36.0. The molecule has 0 aromatic carbocycles. The summed E-state index contributed by atoms with van der Waals surface area (Å²) < 4.78 is 93.0. The second-order valence-electron chi connectivity index (χ2n) is 28.2. The van der Waals surface area contributed by atoms with E-state index in [1.54, 1.807) is 0 Å². The molecule has 658 valence electrons. The molecule has 0 saturated carbocycles. The third kappa shape index (κ3) is 23.3. The Labute approximate surface area is 642 Å². The first kappa shape index (κ1) is 96.5. The maximum Gasteiger partial charge on any atom is 0.219 e. The fourth-order valence-corrected chi connectivity index (χ4v) is 13.8. The van der Waals surface area contributed by atoms with Crippen molar-refractivity contribution in [3.8, 4) is 0 Å². The molecule has 33 N–H and O–H groups in total. The molecule has 0 aromatic rings. The van der Waals surface area contributed by atoms with Gasteiger partial charge in [-0.3, -0.25) is 19.2 Å². The number of rotatable bonds is 40. The normalized spacial score (nSPS) is 42.8.